The molecule has 36 heavy (non-hydrogen) atoms. The van der Waals surface area contributed by atoms with Crippen molar-refractivity contribution < 1.29 is 14.2 Å². The van der Waals surface area contributed by atoms with Gasteiger partial charge in [-0.25, -0.2) is 0 Å². The van der Waals surface area contributed by atoms with Crippen LogP contribution in [-0.2, 0) is 0 Å². The number of rotatable bonds is 13. The third kappa shape index (κ3) is 6.23. The molecule has 2 aromatic heterocycles. The van der Waals surface area contributed by atoms with Gasteiger partial charge >= 0.3 is 0 Å². The molecule has 0 saturated heterocycles. The Morgan fingerprint density at radius 2 is 1.69 bits per heavy atom. The molecule has 8 heteroatoms. The molecule has 2 aromatic carbocycles. The maximum absolute atomic E-state index is 13.0. The van der Waals surface area contributed by atoms with Crippen molar-refractivity contribution in [2.45, 2.75) is 52.4 Å². The van der Waals surface area contributed by atoms with Gasteiger partial charge in [-0.15, -0.1) is 5.10 Å². The van der Waals surface area contributed by atoms with Crippen LogP contribution in [-0.4, -0.2) is 34.9 Å². The van der Waals surface area contributed by atoms with Gasteiger partial charge in [0.2, 0.25) is 4.96 Å². The summed E-state index contributed by atoms with van der Waals surface area (Å²) in [6, 6.07) is 13.3. The summed E-state index contributed by atoms with van der Waals surface area (Å²) in [6.45, 7) is 5.69. The van der Waals surface area contributed by atoms with E-state index in [-0.39, 0.29) is 5.56 Å². The van der Waals surface area contributed by atoms with E-state index >= 15 is 0 Å². The second-order valence-corrected chi connectivity index (χ2v) is 9.60. The van der Waals surface area contributed by atoms with Crippen LogP contribution in [0.15, 0.2) is 47.3 Å². The van der Waals surface area contributed by atoms with Crippen molar-refractivity contribution in [3.63, 3.8) is 0 Å². The van der Waals surface area contributed by atoms with Gasteiger partial charge in [-0.05, 0) is 60.9 Å². The van der Waals surface area contributed by atoms with Crippen molar-refractivity contribution in [3.05, 3.63) is 62.9 Å². The Kier molecular flexibility index (Phi) is 8.95. The molecule has 4 aromatic rings. The Morgan fingerprint density at radius 1 is 0.917 bits per heavy atom. The molecule has 0 radical (unpaired) electrons. The molecular weight excluding hydrogens is 474 g/mol. The smallest absolute Gasteiger partial charge is 0.291 e. The number of ether oxygens (including phenoxy) is 3. The highest BCUT2D eigenvalue weighted by Gasteiger charge is 2.13. The molecule has 4 rings (SSSR count). The first kappa shape index (κ1) is 25.7. The lowest BCUT2D eigenvalue weighted by Gasteiger charge is -2.11. The molecule has 0 fully saturated rings. The van der Waals surface area contributed by atoms with Crippen LogP contribution < -0.4 is 24.3 Å². The van der Waals surface area contributed by atoms with Crippen molar-refractivity contribution in [1.82, 2.24) is 14.6 Å². The standard InChI is InChI=1S/C28H33N3O4S/c1-4-6-8-9-17-35-23-15-10-20(18-24(23)33-3)19-25-27(32)31-28(36-25)29-26(30-31)21-11-13-22(14-12-21)34-16-7-5-2/h10-15,18-19H,4-9,16-17H2,1-3H3. The maximum Gasteiger partial charge on any atom is 0.291 e. The maximum atomic E-state index is 13.0. The lowest BCUT2D eigenvalue weighted by atomic mass is 10.2. The molecule has 0 saturated carbocycles. The van der Waals surface area contributed by atoms with E-state index in [1.54, 1.807) is 7.11 Å². The molecule has 0 aliphatic carbocycles. The van der Waals surface area contributed by atoms with Gasteiger partial charge in [0.15, 0.2) is 17.3 Å². The fraction of sp³-hybridized carbons (Fsp3) is 0.393. The normalized spacial score (nSPS) is 11.8. The zero-order chi connectivity index (χ0) is 25.3. The Labute approximate surface area is 215 Å². The predicted molar refractivity (Wildman–Crippen MR) is 144 cm³/mol. The summed E-state index contributed by atoms with van der Waals surface area (Å²) in [5.41, 5.74) is 1.50. The van der Waals surface area contributed by atoms with E-state index in [9.17, 15) is 4.79 Å². The Balaban J connectivity index is 1.50. The molecule has 0 aliphatic heterocycles. The monoisotopic (exact) mass is 507 g/mol. The second-order valence-electron chi connectivity index (χ2n) is 8.59. The van der Waals surface area contributed by atoms with Crippen LogP contribution in [0.25, 0.3) is 22.4 Å². The average Bonchev–Trinajstić information content (AvgIpc) is 3.44. The molecule has 0 atom stereocenters. The highest BCUT2D eigenvalue weighted by molar-refractivity contribution is 7.15. The zero-order valence-electron chi connectivity index (χ0n) is 21.2. The summed E-state index contributed by atoms with van der Waals surface area (Å²) in [6.07, 6.45) is 8.54. The average molecular weight is 508 g/mol. The van der Waals surface area contributed by atoms with E-state index in [1.165, 1.54) is 28.7 Å². The molecule has 0 unspecified atom stereocenters. The van der Waals surface area contributed by atoms with Crippen LogP contribution in [0.4, 0.5) is 0 Å². The number of thiazole rings is 1. The SMILES string of the molecule is CCCCCCOc1ccc(C=c2sc3nc(-c4ccc(OCCCC)cc4)nn3c2=O)cc1OC. The van der Waals surface area contributed by atoms with Gasteiger partial charge in [-0.1, -0.05) is 56.9 Å². The van der Waals surface area contributed by atoms with E-state index in [0.717, 1.165) is 42.6 Å². The third-order valence-electron chi connectivity index (χ3n) is 5.80. The molecule has 0 amide bonds. The van der Waals surface area contributed by atoms with Gasteiger partial charge in [0.05, 0.1) is 24.9 Å². The number of hydrogen-bond donors (Lipinski definition) is 0. The van der Waals surface area contributed by atoms with Crippen molar-refractivity contribution in [3.8, 4) is 28.6 Å². The van der Waals surface area contributed by atoms with Crippen molar-refractivity contribution in [2.75, 3.05) is 20.3 Å². The van der Waals surface area contributed by atoms with Gasteiger partial charge in [0.25, 0.3) is 5.56 Å². The van der Waals surface area contributed by atoms with Crippen LogP contribution in [0, 0.1) is 0 Å². The van der Waals surface area contributed by atoms with Gasteiger partial charge in [-0.3, -0.25) is 4.79 Å². The van der Waals surface area contributed by atoms with E-state index in [1.807, 2.05) is 48.5 Å². The van der Waals surface area contributed by atoms with Crippen molar-refractivity contribution in [2.24, 2.45) is 0 Å². The summed E-state index contributed by atoms with van der Waals surface area (Å²) in [7, 11) is 1.62. The second kappa shape index (κ2) is 12.5. The number of nitrogens with zero attached hydrogens (tertiary/aromatic N) is 3. The number of hydrogen-bond acceptors (Lipinski definition) is 7. The van der Waals surface area contributed by atoms with Crippen LogP contribution in [0.3, 0.4) is 0 Å². The Morgan fingerprint density at radius 3 is 2.42 bits per heavy atom. The molecule has 2 heterocycles. The van der Waals surface area contributed by atoms with E-state index in [2.05, 4.69) is 23.9 Å². The summed E-state index contributed by atoms with van der Waals surface area (Å²) in [4.78, 5) is 18.1. The van der Waals surface area contributed by atoms with E-state index < -0.39 is 0 Å². The highest BCUT2D eigenvalue weighted by Crippen LogP contribution is 2.28. The Bertz CT molecular complexity index is 1380. The highest BCUT2D eigenvalue weighted by atomic mass is 32.1. The molecule has 0 spiro atoms. The minimum absolute atomic E-state index is 0.191. The van der Waals surface area contributed by atoms with E-state index in [4.69, 9.17) is 14.2 Å². The van der Waals surface area contributed by atoms with Crippen molar-refractivity contribution >= 4 is 22.4 Å². The molecule has 0 bridgehead atoms. The summed E-state index contributed by atoms with van der Waals surface area (Å²) < 4.78 is 19.1. The summed E-state index contributed by atoms with van der Waals surface area (Å²) in [5.74, 6) is 2.70. The minimum atomic E-state index is -0.191. The van der Waals surface area contributed by atoms with Crippen LogP contribution in [0.1, 0.15) is 57.9 Å². The molecular formula is C28H33N3O4S. The number of methoxy groups -OCH3 is 1. The first-order valence-electron chi connectivity index (χ1n) is 12.6. The van der Waals surface area contributed by atoms with Gasteiger partial charge < -0.3 is 14.2 Å². The largest absolute Gasteiger partial charge is 0.494 e. The first-order chi connectivity index (χ1) is 17.6. The quantitative estimate of drug-likeness (QED) is 0.222. The number of benzene rings is 2. The van der Waals surface area contributed by atoms with Crippen LogP contribution in [0.2, 0.25) is 0 Å². The topological polar surface area (TPSA) is 75.0 Å². The predicted octanol–water partition coefficient (Wildman–Crippen LogP) is 5.51. The lowest BCUT2D eigenvalue weighted by Crippen LogP contribution is -2.23. The summed E-state index contributed by atoms with van der Waals surface area (Å²) >= 11 is 1.31. The van der Waals surface area contributed by atoms with Gasteiger partial charge in [0, 0.05) is 5.56 Å². The number of fused-ring (bicyclic) bond motifs is 1. The third-order valence-corrected chi connectivity index (χ3v) is 6.76. The van der Waals surface area contributed by atoms with Crippen LogP contribution >= 0.6 is 11.3 Å². The molecule has 7 nitrogen and oxygen atoms in total. The fourth-order valence-electron chi connectivity index (χ4n) is 3.75. The number of aromatic nitrogens is 3. The van der Waals surface area contributed by atoms with Crippen LogP contribution in [0.5, 0.6) is 17.2 Å². The first-order valence-corrected chi connectivity index (χ1v) is 13.4. The van der Waals surface area contributed by atoms with Gasteiger partial charge in [0.1, 0.15) is 5.75 Å². The molecule has 0 aliphatic rings. The van der Waals surface area contributed by atoms with Crippen molar-refractivity contribution in [1.29, 1.82) is 0 Å². The fourth-order valence-corrected chi connectivity index (χ4v) is 4.65. The minimum Gasteiger partial charge on any atom is -0.494 e. The zero-order valence-corrected chi connectivity index (χ0v) is 22.0. The molecule has 0 N–H and O–H groups in total. The van der Waals surface area contributed by atoms with E-state index in [0.29, 0.717) is 40.0 Å². The Hall–Kier alpha value is -3.39. The van der Waals surface area contributed by atoms with Gasteiger partial charge in [-0.2, -0.15) is 9.50 Å². The number of unbranched alkanes of at least 4 members (excludes halogenated alkanes) is 4. The molecule has 190 valence electrons. The summed E-state index contributed by atoms with van der Waals surface area (Å²) in [5, 5.41) is 4.45. The lowest BCUT2D eigenvalue weighted by molar-refractivity contribution is 0.285.